The first kappa shape index (κ1) is 27.0. The Bertz CT molecular complexity index is 1680. The van der Waals surface area contributed by atoms with Crippen LogP contribution in [0.4, 0.5) is 11.6 Å². The minimum Gasteiger partial charge on any atom is -0.457 e. The number of nitrogens with zero attached hydrogens (tertiary/aromatic N) is 6. The summed E-state index contributed by atoms with van der Waals surface area (Å²) in [6.07, 6.45) is 10.8. The van der Waals surface area contributed by atoms with E-state index in [-0.39, 0.29) is 11.9 Å². The Morgan fingerprint density at radius 3 is 2.60 bits per heavy atom. The van der Waals surface area contributed by atoms with Crippen molar-refractivity contribution < 1.29 is 9.53 Å². The molecular weight excluding hydrogens is 526 g/mol. The molecule has 0 unspecified atom stereocenters. The molecule has 0 bridgehead atoms. The van der Waals surface area contributed by atoms with Gasteiger partial charge in [-0.25, -0.2) is 15.0 Å². The van der Waals surface area contributed by atoms with E-state index in [1.807, 2.05) is 95.7 Å². The molecule has 4 heterocycles. The zero-order chi connectivity index (χ0) is 28.9. The lowest BCUT2D eigenvalue weighted by atomic mass is 10.1. The molecule has 5 aromatic rings. The van der Waals surface area contributed by atoms with E-state index in [0.29, 0.717) is 18.9 Å². The molecule has 0 saturated carbocycles. The van der Waals surface area contributed by atoms with Crippen LogP contribution in [-0.2, 0) is 4.79 Å². The molecule has 1 fully saturated rings. The first-order chi connectivity index (χ1) is 20.6. The maximum absolute atomic E-state index is 13.1. The van der Waals surface area contributed by atoms with Crippen molar-refractivity contribution in [2.24, 2.45) is 0 Å². The number of pyridine rings is 1. The fourth-order valence-corrected chi connectivity index (χ4v) is 5.40. The molecule has 0 radical (unpaired) electrons. The molecular formula is C33H33N7O2. The molecule has 1 saturated heterocycles. The number of para-hydroxylation sites is 1. The lowest BCUT2D eigenvalue weighted by Gasteiger charge is -2.33. The lowest BCUT2D eigenvalue weighted by molar-refractivity contribution is -0.127. The fourth-order valence-electron chi connectivity index (χ4n) is 5.40. The summed E-state index contributed by atoms with van der Waals surface area (Å²) in [5, 5.41) is 0.815. The predicted molar refractivity (Wildman–Crippen MR) is 165 cm³/mol. The van der Waals surface area contributed by atoms with Gasteiger partial charge in [0.05, 0.1) is 11.4 Å². The Morgan fingerprint density at radius 2 is 1.81 bits per heavy atom. The largest absolute Gasteiger partial charge is 0.457 e. The molecule has 1 atom stereocenters. The lowest BCUT2D eigenvalue weighted by Crippen LogP contribution is -2.39. The number of fused-ring (bicyclic) bond motifs is 1. The minimum absolute atomic E-state index is 0.00829. The van der Waals surface area contributed by atoms with Crippen LogP contribution in [0.15, 0.2) is 104 Å². The molecule has 6 rings (SSSR count). The number of nitrogens with two attached hydrogens (primary N) is 1. The van der Waals surface area contributed by atoms with Gasteiger partial charge in [0.25, 0.3) is 0 Å². The maximum atomic E-state index is 13.1. The second-order valence-corrected chi connectivity index (χ2v) is 10.4. The van der Waals surface area contributed by atoms with Gasteiger partial charge < -0.3 is 24.8 Å². The number of nitrogen functional groups attached to an aromatic ring is 1. The van der Waals surface area contributed by atoms with Gasteiger partial charge in [-0.1, -0.05) is 42.5 Å². The number of carbonyl (C=O) groups excluding carboxylic acids is 1. The van der Waals surface area contributed by atoms with Gasteiger partial charge in [-0.3, -0.25) is 4.79 Å². The zero-order valence-electron chi connectivity index (χ0n) is 23.5. The van der Waals surface area contributed by atoms with Crippen LogP contribution in [0.3, 0.4) is 0 Å². The van der Waals surface area contributed by atoms with Crippen molar-refractivity contribution in [3.63, 3.8) is 0 Å². The average Bonchev–Trinajstić information content (AvgIpc) is 3.43. The van der Waals surface area contributed by atoms with Crippen LogP contribution in [0.5, 0.6) is 11.5 Å². The summed E-state index contributed by atoms with van der Waals surface area (Å²) in [6.45, 7) is 1.91. The number of aromatic nitrogens is 4. The quantitative estimate of drug-likeness (QED) is 0.243. The number of carbonyl (C=O) groups is 1. The summed E-state index contributed by atoms with van der Waals surface area (Å²) in [5.74, 6) is 2.84. The van der Waals surface area contributed by atoms with Crippen molar-refractivity contribution in [2.45, 2.75) is 18.9 Å². The van der Waals surface area contributed by atoms with E-state index in [0.717, 1.165) is 58.9 Å². The monoisotopic (exact) mass is 559 g/mol. The van der Waals surface area contributed by atoms with Crippen LogP contribution in [0, 0.1) is 0 Å². The number of piperidine rings is 1. The molecule has 212 valence electrons. The fraction of sp³-hybridized carbons (Fsp3) is 0.212. The molecule has 0 spiro atoms. The normalized spacial score (nSPS) is 15.3. The highest BCUT2D eigenvalue weighted by atomic mass is 16.5. The second kappa shape index (κ2) is 12.1. The number of rotatable bonds is 8. The standard InChI is InChI=1S/C33H33N7O2/c1-38(29-12-5-6-18-35-29)19-8-13-30(41)39-20-7-9-25(21-39)40-22-28(31-32(34)36-23-37-33(31)40)24-14-16-27(17-15-24)42-26-10-3-2-4-11-26/h2-6,8,10-18,22-23,25H,7,9,19-21H2,1H3,(H2,34,36,37)/t25-/m1/s1. The number of benzene rings is 2. The summed E-state index contributed by atoms with van der Waals surface area (Å²) in [7, 11) is 1.96. The van der Waals surface area contributed by atoms with Gasteiger partial charge in [0.2, 0.25) is 5.91 Å². The molecule has 42 heavy (non-hydrogen) atoms. The van der Waals surface area contributed by atoms with Crippen LogP contribution in [0.25, 0.3) is 22.2 Å². The average molecular weight is 560 g/mol. The van der Waals surface area contributed by atoms with Crippen LogP contribution in [0.2, 0.25) is 0 Å². The number of likely N-dealkylation sites (tertiary alicyclic amines) is 1. The van der Waals surface area contributed by atoms with Crippen molar-refractivity contribution in [1.82, 2.24) is 24.4 Å². The van der Waals surface area contributed by atoms with Gasteiger partial charge in [0.15, 0.2) is 0 Å². The zero-order valence-corrected chi connectivity index (χ0v) is 23.5. The molecule has 1 aliphatic heterocycles. The predicted octanol–water partition coefficient (Wildman–Crippen LogP) is 5.72. The first-order valence-electron chi connectivity index (χ1n) is 14.1. The summed E-state index contributed by atoms with van der Waals surface area (Å²) in [5.41, 5.74) is 9.11. The number of ether oxygens (including phenoxy) is 1. The van der Waals surface area contributed by atoms with E-state index < -0.39 is 0 Å². The van der Waals surface area contributed by atoms with Gasteiger partial charge in [-0.15, -0.1) is 0 Å². The van der Waals surface area contributed by atoms with Crippen LogP contribution in [0.1, 0.15) is 18.9 Å². The number of hydrogen-bond acceptors (Lipinski definition) is 7. The van der Waals surface area contributed by atoms with Gasteiger partial charge in [-0.05, 0) is 54.8 Å². The Hall–Kier alpha value is -5.18. The maximum Gasteiger partial charge on any atom is 0.246 e. The molecule has 1 amide bonds. The Kier molecular flexibility index (Phi) is 7.81. The van der Waals surface area contributed by atoms with E-state index in [1.165, 1.54) is 6.33 Å². The highest BCUT2D eigenvalue weighted by Crippen LogP contribution is 2.37. The molecule has 3 aromatic heterocycles. The third-order valence-electron chi connectivity index (χ3n) is 7.56. The van der Waals surface area contributed by atoms with Crippen LogP contribution >= 0.6 is 0 Å². The number of amides is 1. The third kappa shape index (κ3) is 5.81. The number of hydrogen-bond donors (Lipinski definition) is 1. The molecule has 2 N–H and O–H groups in total. The first-order valence-corrected chi connectivity index (χ1v) is 14.1. The highest BCUT2D eigenvalue weighted by molar-refractivity contribution is 6.00. The Labute approximate surface area is 244 Å². The van der Waals surface area contributed by atoms with Crippen molar-refractivity contribution >= 4 is 28.6 Å². The van der Waals surface area contributed by atoms with Gasteiger partial charge >= 0.3 is 0 Å². The SMILES string of the molecule is CN(CC=CC(=O)N1CCC[C@@H](n2cc(-c3ccc(Oc4ccccc4)cc3)c3c(N)ncnc32)C1)c1ccccn1. The molecule has 0 aliphatic carbocycles. The van der Waals surface area contributed by atoms with Crippen molar-refractivity contribution in [3.8, 4) is 22.6 Å². The third-order valence-corrected chi connectivity index (χ3v) is 7.56. The number of anilines is 2. The molecule has 2 aromatic carbocycles. The second-order valence-electron chi connectivity index (χ2n) is 10.4. The molecule has 1 aliphatic rings. The smallest absolute Gasteiger partial charge is 0.246 e. The molecule has 9 heteroatoms. The minimum atomic E-state index is 0.00829. The van der Waals surface area contributed by atoms with Gasteiger partial charge in [-0.2, -0.15) is 0 Å². The van der Waals surface area contributed by atoms with E-state index in [9.17, 15) is 4.79 Å². The van der Waals surface area contributed by atoms with Crippen LogP contribution in [-0.4, -0.2) is 57.0 Å². The van der Waals surface area contributed by atoms with Crippen molar-refractivity contribution in [3.05, 3.63) is 104 Å². The van der Waals surface area contributed by atoms with Crippen molar-refractivity contribution in [1.29, 1.82) is 0 Å². The Balaban J connectivity index is 1.20. The van der Waals surface area contributed by atoms with Crippen molar-refractivity contribution in [2.75, 3.05) is 37.3 Å². The summed E-state index contributed by atoms with van der Waals surface area (Å²) in [4.78, 5) is 30.3. The number of likely N-dealkylation sites (N-methyl/N-ethyl adjacent to an activating group) is 1. The van der Waals surface area contributed by atoms with E-state index in [1.54, 1.807) is 12.3 Å². The van der Waals surface area contributed by atoms with E-state index in [2.05, 4.69) is 25.7 Å². The Morgan fingerprint density at radius 1 is 1.02 bits per heavy atom. The summed E-state index contributed by atoms with van der Waals surface area (Å²) < 4.78 is 8.14. The van der Waals surface area contributed by atoms with E-state index in [4.69, 9.17) is 10.5 Å². The highest BCUT2D eigenvalue weighted by Gasteiger charge is 2.27. The summed E-state index contributed by atoms with van der Waals surface area (Å²) >= 11 is 0. The van der Waals surface area contributed by atoms with Gasteiger partial charge in [0, 0.05) is 50.7 Å². The summed E-state index contributed by atoms with van der Waals surface area (Å²) in [6, 6.07) is 23.5. The molecule has 9 nitrogen and oxygen atoms in total. The topological polar surface area (TPSA) is 102 Å². The van der Waals surface area contributed by atoms with Crippen LogP contribution < -0.4 is 15.4 Å². The van der Waals surface area contributed by atoms with E-state index >= 15 is 0 Å². The van der Waals surface area contributed by atoms with Gasteiger partial charge in [0.1, 0.15) is 35.1 Å².